The van der Waals surface area contributed by atoms with Gasteiger partial charge >= 0.3 is 18.4 Å². The minimum atomic E-state index is -4.83. The average Bonchev–Trinajstić information content (AvgIpc) is 2.93. The molecule has 0 radical (unpaired) electrons. The van der Waals surface area contributed by atoms with E-state index < -0.39 is 30.8 Å². The number of anilines is 2. The first-order valence-corrected chi connectivity index (χ1v) is 14.0. The lowest BCUT2D eigenvalue weighted by Crippen LogP contribution is -2.44. The van der Waals surface area contributed by atoms with Gasteiger partial charge in [-0.15, -0.1) is 13.2 Å². The molecule has 8 nitrogen and oxygen atoms in total. The molecule has 43 heavy (non-hydrogen) atoms. The highest BCUT2D eigenvalue weighted by Gasteiger charge is 2.31. The number of benzene rings is 3. The third-order valence-corrected chi connectivity index (χ3v) is 7.42. The van der Waals surface area contributed by atoms with Gasteiger partial charge in [0, 0.05) is 11.7 Å². The molecule has 0 unspecified atom stereocenters. The van der Waals surface area contributed by atoms with Crippen molar-refractivity contribution in [1.82, 2.24) is 4.90 Å². The Morgan fingerprint density at radius 1 is 0.884 bits per heavy atom. The van der Waals surface area contributed by atoms with Crippen molar-refractivity contribution in [3.8, 4) is 16.9 Å². The first-order valence-electron chi connectivity index (χ1n) is 14.0. The number of aryl methyl sites for hydroxylation is 3. The van der Waals surface area contributed by atoms with Crippen LogP contribution in [0.2, 0.25) is 0 Å². The van der Waals surface area contributed by atoms with Crippen LogP contribution in [0.15, 0.2) is 54.6 Å². The number of carbonyl (C=O) groups excluding carboxylic acids is 2. The van der Waals surface area contributed by atoms with E-state index in [1.807, 2.05) is 32.9 Å². The largest absolute Gasteiger partial charge is 0.573 e. The van der Waals surface area contributed by atoms with Crippen LogP contribution in [0.1, 0.15) is 59.2 Å². The van der Waals surface area contributed by atoms with Crippen LogP contribution in [0.5, 0.6) is 5.75 Å². The molecule has 1 aliphatic rings. The van der Waals surface area contributed by atoms with Gasteiger partial charge in [-0.2, -0.15) is 0 Å². The number of carbonyl (C=O) groups is 3. The number of nitrogens with zero attached hydrogens (tertiary/aromatic N) is 1. The maximum atomic E-state index is 13.9. The van der Waals surface area contributed by atoms with E-state index in [1.165, 1.54) is 35.2 Å². The Morgan fingerprint density at radius 3 is 2.07 bits per heavy atom. The van der Waals surface area contributed by atoms with Crippen LogP contribution < -0.4 is 15.4 Å². The molecule has 1 aliphatic carbocycles. The van der Waals surface area contributed by atoms with Crippen LogP contribution in [0.4, 0.5) is 29.3 Å². The molecule has 3 N–H and O–H groups in total. The monoisotopic (exact) mass is 597 g/mol. The summed E-state index contributed by atoms with van der Waals surface area (Å²) in [5.41, 5.74) is 4.60. The molecule has 0 spiro atoms. The second kappa shape index (κ2) is 13.2. The Bertz CT molecular complexity index is 1480. The summed E-state index contributed by atoms with van der Waals surface area (Å²) >= 11 is 0. The molecular weight excluding hydrogens is 563 g/mol. The number of urea groups is 1. The summed E-state index contributed by atoms with van der Waals surface area (Å²) in [5.74, 6) is -2.07. The van der Waals surface area contributed by atoms with E-state index in [-0.39, 0.29) is 23.0 Å². The number of amides is 3. The van der Waals surface area contributed by atoms with Crippen LogP contribution >= 0.6 is 0 Å². The molecule has 0 aliphatic heterocycles. The summed E-state index contributed by atoms with van der Waals surface area (Å²) in [6.07, 6.45) is -0.703. The zero-order chi connectivity index (χ0) is 31.3. The summed E-state index contributed by atoms with van der Waals surface area (Å²) < 4.78 is 41.8. The SMILES string of the molecule is Cc1cc(C)c(NC(=O)Nc2cc(-c3ccc(OC(F)(F)F)cc3)ccc2C(=O)N(CC(=O)O)C2CCCCC2)c(C)c1. The first kappa shape index (κ1) is 31.4. The lowest BCUT2D eigenvalue weighted by Gasteiger charge is -2.33. The lowest BCUT2D eigenvalue weighted by molar-refractivity contribution is -0.274. The highest BCUT2D eigenvalue weighted by atomic mass is 19.4. The van der Waals surface area contributed by atoms with Crippen molar-refractivity contribution in [2.75, 3.05) is 17.2 Å². The Hall–Kier alpha value is -4.54. The second-order valence-corrected chi connectivity index (χ2v) is 10.8. The highest BCUT2D eigenvalue weighted by molar-refractivity contribution is 6.08. The number of alkyl halides is 3. The molecule has 0 bridgehead atoms. The molecule has 3 amide bonds. The van der Waals surface area contributed by atoms with Crippen LogP contribution in [-0.4, -0.2) is 46.9 Å². The van der Waals surface area contributed by atoms with Crippen molar-refractivity contribution in [3.63, 3.8) is 0 Å². The van der Waals surface area contributed by atoms with Crippen molar-refractivity contribution in [2.24, 2.45) is 0 Å². The van der Waals surface area contributed by atoms with Crippen LogP contribution in [0.25, 0.3) is 11.1 Å². The zero-order valence-electron chi connectivity index (χ0n) is 24.2. The number of nitrogens with one attached hydrogen (secondary N) is 2. The van der Waals surface area contributed by atoms with Crippen LogP contribution in [0.3, 0.4) is 0 Å². The summed E-state index contributed by atoms with van der Waals surface area (Å²) in [6, 6.07) is 12.8. The number of ether oxygens (including phenoxy) is 1. The van der Waals surface area contributed by atoms with Gasteiger partial charge in [0.2, 0.25) is 0 Å². The van der Waals surface area contributed by atoms with Crippen molar-refractivity contribution < 1.29 is 37.4 Å². The molecule has 0 heterocycles. The Kier molecular flexibility index (Phi) is 9.63. The smallest absolute Gasteiger partial charge is 0.480 e. The van der Waals surface area contributed by atoms with E-state index in [1.54, 1.807) is 12.1 Å². The molecule has 3 aromatic carbocycles. The fourth-order valence-electron chi connectivity index (χ4n) is 5.57. The molecule has 1 fully saturated rings. The van der Waals surface area contributed by atoms with Crippen LogP contribution in [0, 0.1) is 20.8 Å². The number of carboxylic acid groups (broad SMARTS) is 1. The molecule has 0 atom stereocenters. The van der Waals surface area contributed by atoms with Gasteiger partial charge in [0.1, 0.15) is 12.3 Å². The van der Waals surface area contributed by atoms with E-state index in [0.29, 0.717) is 29.7 Å². The molecule has 4 rings (SSSR count). The van der Waals surface area contributed by atoms with E-state index >= 15 is 0 Å². The number of hydrogen-bond donors (Lipinski definition) is 3. The quantitative estimate of drug-likeness (QED) is 0.247. The lowest BCUT2D eigenvalue weighted by atomic mass is 9.93. The Morgan fingerprint density at radius 2 is 1.49 bits per heavy atom. The topological polar surface area (TPSA) is 108 Å². The minimum Gasteiger partial charge on any atom is -0.480 e. The summed E-state index contributed by atoms with van der Waals surface area (Å²) in [5, 5.41) is 15.2. The maximum absolute atomic E-state index is 13.9. The fourth-order valence-corrected chi connectivity index (χ4v) is 5.57. The Balaban J connectivity index is 1.70. The van der Waals surface area contributed by atoms with Gasteiger partial charge in [0.15, 0.2) is 0 Å². The number of hydrogen-bond acceptors (Lipinski definition) is 4. The van der Waals surface area contributed by atoms with E-state index in [9.17, 15) is 32.7 Å². The van der Waals surface area contributed by atoms with Crippen molar-refractivity contribution in [1.29, 1.82) is 0 Å². The first-order chi connectivity index (χ1) is 20.3. The summed E-state index contributed by atoms with van der Waals surface area (Å²) in [7, 11) is 0. The van der Waals surface area contributed by atoms with Gasteiger partial charge in [0.05, 0.1) is 11.3 Å². The van der Waals surface area contributed by atoms with Gasteiger partial charge < -0.3 is 25.4 Å². The van der Waals surface area contributed by atoms with Crippen molar-refractivity contribution >= 4 is 29.3 Å². The summed E-state index contributed by atoms with van der Waals surface area (Å²) in [4.78, 5) is 40.2. The standard InChI is InChI=1S/C32H34F3N3O5/c1-19-15-20(2)29(21(3)16-19)37-31(42)36-27-17-23(22-9-12-25(13-10-22)43-32(33,34)35)11-14-26(27)30(41)38(18-28(39)40)24-7-5-4-6-8-24/h9-17,24H,4-8,18H2,1-3H3,(H,39,40)(H2,36,37,42). The minimum absolute atomic E-state index is 0.0973. The zero-order valence-corrected chi connectivity index (χ0v) is 24.2. The van der Waals surface area contributed by atoms with Crippen molar-refractivity contribution in [3.05, 3.63) is 76.9 Å². The Labute approximate surface area is 247 Å². The molecular formula is C32H34F3N3O5. The molecule has 1 saturated carbocycles. The van der Waals surface area contributed by atoms with Gasteiger partial charge in [-0.05, 0) is 80.1 Å². The van der Waals surface area contributed by atoms with E-state index in [4.69, 9.17) is 0 Å². The predicted molar refractivity (Wildman–Crippen MR) is 157 cm³/mol. The van der Waals surface area contributed by atoms with Gasteiger partial charge in [-0.1, -0.05) is 55.2 Å². The normalized spacial score (nSPS) is 13.7. The van der Waals surface area contributed by atoms with Crippen LogP contribution in [-0.2, 0) is 4.79 Å². The number of halogens is 3. The number of rotatable bonds is 8. The average molecular weight is 598 g/mol. The fraction of sp³-hybridized carbons (Fsp3) is 0.344. The molecule has 228 valence electrons. The molecule has 0 saturated heterocycles. The second-order valence-electron chi connectivity index (χ2n) is 10.8. The molecule has 3 aromatic rings. The van der Waals surface area contributed by atoms with E-state index in [0.717, 1.165) is 36.0 Å². The van der Waals surface area contributed by atoms with Crippen molar-refractivity contribution in [2.45, 2.75) is 65.3 Å². The number of carboxylic acids is 1. The third kappa shape index (κ3) is 8.27. The number of aliphatic carboxylic acids is 1. The maximum Gasteiger partial charge on any atom is 0.573 e. The molecule has 11 heteroatoms. The molecule has 0 aromatic heterocycles. The van der Waals surface area contributed by atoms with Gasteiger partial charge in [-0.3, -0.25) is 9.59 Å². The van der Waals surface area contributed by atoms with Gasteiger partial charge in [-0.25, -0.2) is 4.79 Å². The van der Waals surface area contributed by atoms with E-state index in [2.05, 4.69) is 15.4 Å². The third-order valence-electron chi connectivity index (χ3n) is 7.42. The van der Waals surface area contributed by atoms with Gasteiger partial charge in [0.25, 0.3) is 5.91 Å². The predicted octanol–water partition coefficient (Wildman–Crippen LogP) is 7.68. The highest BCUT2D eigenvalue weighted by Crippen LogP contribution is 2.32. The summed E-state index contributed by atoms with van der Waals surface area (Å²) in [6.45, 7) is 5.19.